The van der Waals surface area contributed by atoms with Gasteiger partial charge in [0.25, 0.3) is 0 Å². The molecular formula is C55H42F5N. The van der Waals surface area contributed by atoms with Crippen molar-refractivity contribution in [2.24, 2.45) is 23.7 Å². The molecule has 1 spiro atoms. The molecule has 7 aromatic carbocycles. The smallest absolute Gasteiger partial charge is 0.200 e. The Hall–Kier alpha value is -6.01. The van der Waals surface area contributed by atoms with Gasteiger partial charge in [0.15, 0.2) is 23.3 Å². The molecule has 0 radical (unpaired) electrons. The maximum atomic E-state index is 15.1. The number of hydrogen-bond acceptors (Lipinski definition) is 1. The monoisotopic (exact) mass is 811 g/mol. The van der Waals surface area contributed by atoms with Crippen LogP contribution in [0.4, 0.5) is 39.0 Å². The summed E-state index contributed by atoms with van der Waals surface area (Å²) in [7, 11) is 0. The van der Waals surface area contributed by atoms with Crippen molar-refractivity contribution in [3.8, 4) is 44.5 Å². The van der Waals surface area contributed by atoms with Gasteiger partial charge in [-0.25, -0.2) is 22.0 Å². The average molecular weight is 812 g/mol. The number of anilines is 3. The summed E-state index contributed by atoms with van der Waals surface area (Å²) in [5.74, 6) is -6.95. The third-order valence-electron chi connectivity index (χ3n) is 15.5. The van der Waals surface area contributed by atoms with Crippen molar-refractivity contribution in [2.45, 2.75) is 56.8 Å². The highest BCUT2D eigenvalue weighted by Gasteiger charge is 2.61. The Morgan fingerprint density at radius 1 is 0.426 bits per heavy atom. The van der Waals surface area contributed by atoms with Crippen LogP contribution in [0.2, 0.25) is 0 Å². The van der Waals surface area contributed by atoms with Gasteiger partial charge in [-0.2, -0.15) is 0 Å². The predicted octanol–water partition coefficient (Wildman–Crippen LogP) is 15.2. The molecule has 4 bridgehead atoms. The van der Waals surface area contributed by atoms with E-state index in [0.717, 1.165) is 34.3 Å². The lowest BCUT2D eigenvalue weighted by molar-refractivity contribution is -0.0399. The van der Waals surface area contributed by atoms with Crippen LogP contribution in [0.1, 0.15) is 68.2 Å². The van der Waals surface area contributed by atoms with Crippen LogP contribution >= 0.6 is 0 Å². The highest BCUT2D eigenvalue weighted by atomic mass is 19.2. The van der Waals surface area contributed by atoms with Crippen LogP contribution in [0.3, 0.4) is 0 Å². The van der Waals surface area contributed by atoms with Crippen molar-refractivity contribution in [3.63, 3.8) is 0 Å². The highest BCUT2D eigenvalue weighted by Crippen LogP contribution is 2.69. The van der Waals surface area contributed by atoms with Gasteiger partial charge in [0.1, 0.15) is 0 Å². The average Bonchev–Trinajstić information content (AvgIpc) is 3.69. The van der Waals surface area contributed by atoms with Crippen LogP contribution in [-0.2, 0) is 10.8 Å². The second kappa shape index (κ2) is 13.0. The van der Waals surface area contributed by atoms with Gasteiger partial charge in [-0.3, -0.25) is 0 Å². The van der Waals surface area contributed by atoms with E-state index in [1.165, 1.54) is 88.7 Å². The van der Waals surface area contributed by atoms with E-state index in [1.54, 1.807) is 12.1 Å². The molecule has 0 unspecified atom stereocenters. The van der Waals surface area contributed by atoms with E-state index < -0.39 is 34.6 Å². The van der Waals surface area contributed by atoms with Crippen LogP contribution < -0.4 is 4.90 Å². The normalized spacial score (nSPS) is 23.2. The Balaban J connectivity index is 1.04. The molecule has 1 nitrogen and oxygen atoms in total. The summed E-state index contributed by atoms with van der Waals surface area (Å²) < 4.78 is 73.1. The first-order chi connectivity index (χ1) is 29.5. The molecule has 0 N–H and O–H groups in total. The lowest BCUT2D eigenvalue weighted by Crippen LogP contribution is -2.55. The van der Waals surface area contributed by atoms with E-state index in [4.69, 9.17) is 0 Å². The second-order valence-electron chi connectivity index (χ2n) is 18.7. The molecule has 4 saturated carbocycles. The lowest BCUT2D eigenvalue weighted by Gasteiger charge is -2.61. The number of fused-ring (bicyclic) bond motifs is 6. The predicted molar refractivity (Wildman–Crippen MR) is 233 cm³/mol. The molecule has 13 rings (SSSR count). The van der Waals surface area contributed by atoms with Crippen molar-refractivity contribution in [1.29, 1.82) is 0 Å². The Kier molecular flexibility index (Phi) is 7.84. The van der Waals surface area contributed by atoms with Crippen LogP contribution in [-0.4, -0.2) is 0 Å². The second-order valence-corrected chi connectivity index (χ2v) is 18.7. The maximum Gasteiger partial charge on any atom is 0.200 e. The number of halogens is 5. The third kappa shape index (κ3) is 4.99. The molecule has 0 saturated heterocycles. The Bertz CT molecular complexity index is 2920. The maximum absolute atomic E-state index is 15.1. The Morgan fingerprint density at radius 2 is 0.918 bits per heavy atom. The first kappa shape index (κ1) is 36.8. The van der Waals surface area contributed by atoms with Crippen molar-refractivity contribution >= 4 is 17.1 Å². The highest BCUT2D eigenvalue weighted by molar-refractivity contribution is 5.93. The molecule has 61 heavy (non-hydrogen) atoms. The van der Waals surface area contributed by atoms with Crippen LogP contribution in [0.5, 0.6) is 0 Å². The molecule has 6 heteroatoms. The van der Waals surface area contributed by atoms with Crippen molar-refractivity contribution in [3.05, 3.63) is 185 Å². The number of para-hydroxylation sites is 1. The minimum absolute atomic E-state index is 0.00968. The number of nitrogens with zero attached hydrogens (tertiary/aromatic N) is 1. The van der Waals surface area contributed by atoms with Crippen LogP contribution in [0.25, 0.3) is 44.5 Å². The fourth-order valence-electron chi connectivity index (χ4n) is 13.1. The van der Waals surface area contributed by atoms with Crippen molar-refractivity contribution in [2.75, 3.05) is 4.90 Å². The molecule has 7 aromatic rings. The molecule has 0 heterocycles. The van der Waals surface area contributed by atoms with Gasteiger partial charge in [0.05, 0.1) is 11.3 Å². The topological polar surface area (TPSA) is 3.24 Å². The third-order valence-corrected chi connectivity index (χ3v) is 15.5. The molecule has 6 aliphatic rings. The van der Waals surface area contributed by atoms with E-state index in [-0.39, 0.29) is 16.4 Å². The standard InChI is InChI=1S/C55H42F5N/c1-54(2)43-12-6-3-10-39(43)41-22-20-37(29-45(41)54)61(36-18-15-32(16-19-36)48-49(56)51(58)53(60)52(59)50(48)57)47-14-8-5-9-38(47)33-17-21-42-40-11-4-7-13-44(40)55(46(42)28-33)34-24-30-23-31(26-34)27-35(55)25-30/h3-22,28-31,34-35H,23-27H2,1-2H3. The molecule has 4 fully saturated rings. The fourth-order valence-corrected chi connectivity index (χ4v) is 13.1. The molecule has 0 atom stereocenters. The zero-order chi connectivity index (χ0) is 41.5. The summed E-state index contributed by atoms with van der Waals surface area (Å²) in [4.78, 5) is 2.15. The number of hydrogen-bond donors (Lipinski definition) is 0. The van der Waals surface area contributed by atoms with Gasteiger partial charge >= 0.3 is 0 Å². The lowest BCUT2D eigenvalue weighted by atomic mass is 9.43. The van der Waals surface area contributed by atoms with E-state index >= 15 is 8.78 Å². The van der Waals surface area contributed by atoms with E-state index in [2.05, 4.69) is 122 Å². The summed E-state index contributed by atoms with van der Waals surface area (Å²) in [5, 5.41) is 0. The zero-order valence-corrected chi connectivity index (χ0v) is 33.9. The van der Waals surface area contributed by atoms with Crippen LogP contribution in [0, 0.1) is 52.8 Å². The van der Waals surface area contributed by atoms with Crippen molar-refractivity contribution in [1.82, 2.24) is 0 Å². The van der Waals surface area contributed by atoms with Gasteiger partial charge in [-0.05, 0) is 148 Å². The van der Waals surface area contributed by atoms with Gasteiger partial charge in [0.2, 0.25) is 5.82 Å². The van der Waals surface area contributed by atoms with Gasteiger partial charge in [-0.15, -0.1) is 0 Å². The first-order valence-electron chi connectivity index (χ1n) is 21.6. The van der Waals surface area contributed by atoms with E-state index in [0.29, 0.717) is 17.5 Å². The number of rotatable bonds is 5. The molecule has 0 amide bonds. The summed E-state index contributed by atoms with van der Waals surface area (Å²) >= 11 is 0. The van der Waals surface area contributed by atoms with Gasteiger partial charge in [0, 0.05) is 27.8 Å². The van der Waals surface area contributed by atoms with Crippen molar-refractivity contribution < 1.29 is 22.0 Å². The summed E-state index contributed by atoms with van der Waals surface area (Å²) in [6.45, 7) is 4.47. The molecule has 0 aromatic heterocycles. The minimum atomic E-state index is -2.18. The summed E-state index contributed by atoms with van der Waals surface area (Å²) in [6.07, 6.45) is 6.53. The van der Waals surface area contributed by atoms with E-state index in [9.17, 15) is 13.2 Å². The molecular weight excluding hydrogens is 770 g/mol. The Labute approximate surface area is 352 Å². The molecule has 6 aliphatic carbocycles. The summed E-state index contributed by atoms with van der Waals surface area (Å²) in [6, 6.07) is 45.7. The van der Waals surface area contributed by atoms with E-state index in [1.807, 2.05) is 6.07 Å². The Morgan fingerprint density at radius 3 is 1.59 bits per heavy atom. The largest absolute Gasteiger partial charge is 0.310 e. The first-order valence-corrected chi connectivity index (χ1v) is 21.6. The summed E-state index contributed by atoms with van der Waals surface area (Å²) in [5.41, 5.74) is 13.6. The van der Waals surface area contributed by atoms with Gasteiger partial charge < -0.3 is 4.90 Å². The SMILES string of the molecule is CC1(C)c2ccccc2-c2ccc(N(c3ccc(-c4c(F)c(F)c(F)c(F)c4F)cc3)c3ccccc3-c3ccc4c(c3)C3(c5ccccc5-4)C4CC5CC(C4)CC3C5)cc21. The number of benzene rings is 7. The molecule has 0 aliphatic heterocycles. The minimum Gasteiger partial charge on any atom is -0.310 e. The zero-order valence-electron chi connectivity index (χ0n) is 33.9. The van der Waals surface area contributed by atoms with Crippen LogP contribution in [0.15, 0.2) is 133 Å². The molecule has 302 valence electrons. The quantitative estimate of drug-likeness (QED) is 0.0951. The van der Waals surface area contributed by atoms with Gasteiger partial charge in [-0.1, -0.05) is 111 Å². The fraction of sp³-hybridized carbons (Fsp3) is 0.236.